The molecule has 0 N–H and O–H groups in total. The topological polar surface area (TPSA) is 14.1 Å². The number of rotatable bonds is 0. The Kier molecular flexibility index (Phi) is 13.8. The van der Waals surface area contributed by atoms with Gasteiger partial charge < -0.3 is 12.2 Å². The molecule has 0 aromatic carbocycles. The fourth-order valence-electron chi connectivity index (χ4n) is 0.372. The van der Waals surface area contributed by atoms with Crippen molar-refractivity contribution in [1.29, 1.82) is 0 Å². The summed E-state index contributed by atoms with van der Waals surface area (Å²) in [6.45, 7) is 5.86. The van der Waals surface area contributed by atoms with Crippen LogP contribution >= 0.6 is 0 Å². The molecule has 1 aliphatic rings. The molecule has 0 atom stereocenters. The van der Waals surface area contributed by atoms with Gasteiger partial charge in [0.25, 0.3) is 0 Å². The minimum Gasteiger partial charge on any atom is -0.687 e. The monoisotopic (exact) mass is 168 g/mol. The van der Waals surface area contributed by atoms with E-state index in [1.54, 1.807) is 13.1 Å². The first kappa shape index (κ1) is 11.6. The van der Waals surface area contributed by atoms with Crippen LogP contribution in [0.5, 0.6) is 0 Å². The Hall–Kier alpha value is -0.214. The van der Waals surface area contributed by atoms with Gasteiger partial charge in [-0.2, -0.15) is 13.1 Å². The van der Waals surface area contributed by atoms with E-state index in [-0.39, 0.29) is 16.8 Å². The fraction of sp³-hybridized carbons (Fsp3) is 0.286. The zero-order valence-electron chi connectivity index (χ0n) is 5.50. The Labute approximate surface area is 67.4 Å². The van der Waals surface area contributed by atoms with Gasteiger partial charge >= 0.3 is 16.8 Å². The van der Waals surface area contributed by atoms with E-state index in [1.807, 2.05) is 18.2 Å². The molecule has 0 bridgehead atoms. The summed E-state index contributed by atoms with van der Waals surface area (Å²) < 4.78 is 0. The van der Waals surface area contributed by atoms with E-state index in [0.29, 0.717) is 0 Å². The van der Waals surface area contributed by atoms with Crippen LogP contribution in [0.25, 0.3) is 5.32 Å². The molecule has 0 aromatic heterocycles. The second-order valence-electron chi connectivity index (χ2n) is 1.13. The second-order valence-corrected chi connectivity index (χ2v) is 1.13. The average molecular weight is 168 g/mol. The van der Waals surface area contributed by atoms with Crippen molar-refractivity contribution in [1.82, 2.24) is 0 Å². The molecule has 1 radical (unpaired) electrons. The zero-order valence-corrected chi connectivity index (χ0v) is 6.55. The SMILES string of the molecule is C1=CC[N-]C=C1.[CH2-]C.[Co+2]. The molecule has 0 saturated carbocycles. The molecular weight excluding hydrogens is 157 g/mol. The van der Waals surface area contributed by atoms with Crippen LogP contribution in [0.15, 0.2) is 24.4 Å². The van der Waals surface area contributed by atoms with Gasteiger partial charge in [-0.15, -0.1) is 12.6 Å². The molecule has 53 valence electrons. The number of allylic oxidation sites excluding steroid dienone is 2. The third-order valence-corrected chi connectivity index (χ3v) is 0.649. The van der Waals surface area contributed by atoms with Gasteiger partial charge in [0.1, 0.15) is 0 Å². The van der Waals surface area contributed by atoms with E-state index in [0.717, 1.165) is 6.54 Å². The van der Waals surface area contributed by atoms with Gasteiger partial charge in [0.15, 0.2) is 0 Å². The molecule has 0 spiro atoms. The standard InChI is InChI=1S/C5H6N.C2H5.Co/c1-2-4-6-5-3-1;1-2;/h1-4H,5H2;1H2,2H3;/q2*-1;+2. The first-order valence-corrected chi connectivity index (χ1v) is 2.69. The normalized spacial score (nSPS) is 12.2. The van der Waals surface area contributed by atoms with E-state index in [2.05, 4.69) is 12.2 Å². The second kappa shape index (κ2) is 10.7. The van der Waals surface area contributed by atoms with Gasteiger partial charge in [0, 0.05) is 0 Å². The molecule has 0 amide bonds. The Morgan fingerprint density at radius 2 is 2.00 bits per heavy atom. The van der Waals surface area contributed by atoms with E-state index in [4.69, 9.17) is 0 Å². The Morgan fingerprint density at radius 3 is 2.11 bits per heavy atom. The third-order valence-electron chi connectivity index (χ3n) is 0.649. The predicted octanol–water partition coefficient (Wildman–Crippen LogP) is 2.28. The Morgan fingerprint density at radius 1 is 1.33 bits per heavy atom. The van der Waals surface area contributed by atoms with Gasteiger partial charge in [0.2, 0.25) is 0 Å². The van der Waals surface area contributed by atoms with Crippen LogP contribution in [-0.4, -0.2) is 6.54 Å². The average Bonchev–Trinajstić information content (AvgIpc) is 1.96. The molecule has 1 aliphatic heterocycles. The summed E-state index contributed by atoms with van der Waals surface area (Å²) in [5, 5.41) is 3.91. The van der Waals surface area contributed by atoms with Crippen molar-refractivity contribution in [3.63, 3.8) is 0 Å². The maximum atomic E-state index is 3.91. The Bertz CT molecular complexity index is 74.9. The van der Waals surface area contributed by atoms with E-state index in [9.17, 15) is 0 Å². The molecule has 0 unspecified atom stereocenters. The number of hydrogen-bond donors (Lipinski definition) is 0. The van der Waals surface area contributed by atoms with Crippen LogP contribution in [-0.2, 0) is 16.8 Å². The number of nitrogens with zero attached hydrogens (tertiary/aromatic N) is 1. The fourth-order valence-corrected chi connectivity index (χ4v) is 0.372. The van der Waals surface area contributed by atoms with Crippen molar-refractivity contribution in [2.75, 3.05) is 6.54 Å². The van der Waals surface area contributed by atoms with Crippen LogP contribution in [0.3, 0.4) is 0 Å². The summed E-state index contributed by atoms with van der Waals surface area (Å²) in [4.78, 5) is 0. The van der Waals surface area contributed by atoms with E-state index >= 15 is 0 Å². The molecule has 1 rings (SSSR count). The summed E-state index contributed by atoms with van der Waals surface area (Å²) >= 11 is 0. The first-order chi connectivity index (χ1) is 4.00. The van der Waals surface area contributed by atoms with Crippen LogP contribution < -0.4 is 0 Å². The zero-order chi connectivity index (χ0) is 6.24. The molecule has 1 heterocycles. The Balaban J connectivity index is 0. The molecule has 9 heavy (non-hydrogen) atoms. The van der Waals surface area contributed by atoms with Crippen molar-refractivity contribution in [3.05, 3.63) is 36.7 Å². The molecule has 0 fully saturated rings. The molecule has 0 saturated heterocycles. The van der Waals surface area contributed by atoms with E-state index < -0.39 is 0 Å². The maximum absolute atomic E-state index is 3.91. The van der Waals surface area contributed by atoms with Crippen LogP contribution in [0.1, 0.15) is 6.92 Å². The van der Waals surface area contributed by atoms with Crippen LogP contribution in [0.4, 0.5) is 0 Å². The first-order valence-electron chi connectivity index (χ1n) is 2.69. The van der Waals surface area contributed by atoms with Gasteiger partial charge in [-0.3, -0.25) is 0 Å². The molecule has 0 aromatic rings. The minimum atomic E-state index is 0. The summed E-state index contributed by atoms with van der Waals surface area (Å²) in [5.74, 6) is 0. The van der Waals surface area contributed by atoms with Crippen molar-refractivity contribution in [2.24, 2.45) is 0 Å². The smallest absolute Gasteiger partial charge is 0.687 e. The van der Waals surface area contributed by atoms with Crippen LogP contribution in [0, 0.1) is 6.92 Å². The molecular formula is C7H11CoN. The van der Waals surface area contributed by atoms with Crippen molar-refractivity contribution in [2.45, 2.75) is 6.92 Å². The van der Waals surface area contributed by atoms with Crippen LogP contribution in [0.2, 0.25) is 0 Å². The van der Waals surface area contributed by atoms with Gasteiger partial charge in [-0.25, -0.2) is 0 Å². The summed E-state index contributed by atoms with van der Waals surface area (Å²) in [5.41, 5.74) is 0. The molecule has 2 heteroatoms. The molecule has 0 aliphatic carbocycles. The van der Waals surface area contributed by atoms with Gasteiger partial charge in [0.05, 0.1) is 0 Å². The predicted molar refractivity (Wildman–Crippen MR) is 37.5 cm³/mol. The molecule has 1 nitrogen and oxygen atoms in total. The van der Waals surface area contributed by atoms with Gasteiger partial charge in [-0.1, -0.05) is 12.2 Å². The van der Waals surface area contributed by atoms with E-state index in [1.165, 1.54) is 0 Å². The maximum Gasteiger partial charge on any atom is 2.00 e. The minimum absolute atomic E-state index is 0. The summed E-state index contributed by atoms with van der Waals surface area (Å²) in [7, 11) is 0. The van der Waals surface area contributed by atoms with Gasteiger partial charge in [-0.05, 0) is 0 Å². The third kappa shape index (κ3) is 7.79. The summed E-state index contributed by atoms with van der Waals surface area (Å²) in [6.07, 6.45) is 7.73. The van der Waals surface area contributed by atoms with Crippen molar-refractivity contribution < 1.29 is 16.8 Å². The van der Waals surface area contributed by atoms with Crippen molar-refractivity contribution in [3.8, 4) is 0 Å². The number of hydrogen-bond acceptors (Lipinski definition) is 0. The summed E-state index contributed by atoms with van der Waals surface area (Å²) in [6, 6.07) is 0. The van der Waals surface area contributed by atoms with Crippen molar-refractivity contribution >= 4 is 0 Å². The quantitative estimate of drug-likeness (QED) is 0.492. The largest absolute Gasteiger partial charge is 2.00 e.